The summed E-state index contributed by atoms with van der Waals surface area (Å²) < 4.78 is 22.1. The molecule has 11 heteroatoms. The van der Waals surface area contributed by atoms with Gasteiger partial charge in [0.25, 0.3) is 5.91 Å². The van der Waals surface area contributed by atoms with Crippen LogP contribution in [0.5, 0.6) is 0 Å². The van der Waals surface area contributed by atoms with E-state index in [9.17, 15) is 9.59 Å². The molecule has 2 aliphatic rings. The molecule has 0 unspecified atom stereocenters. The molecule has 2 fully saturated rings. The number of benzene rings is 2. The Morgan fingerprint density at radius 1 is 1.05 bits per heavy atom. The van der Waals surface area contributed by atoms with E-state index < -0.39 is 5.82 Å². The van der Waals surface area contributed by atoms with E-state index in [1.165, 1.54) is 12.1 Å². The molecule has 10 nitrogen and oxygen atoms in total. The molecule has 0 radical (unpaired) electrons. The van der Waals surface area contributed by atoms with Gasteiger partial charge in [-0.25, -0.2) is 9.37 Å². The van der Waals surface area contributed by atoms with Crippen molar-refractivity contribution in [3.8, 4) is 5.69 Å². The number of nitrogens with one attached hydrogen (secondary N) is 1. The second-order valence-electron chi connectivity index (χ2n) is 10.1. The summed E-state index contributed by atoms with van der Waals surface area (Å²) in [5.74, 6) is -0.364. The second-order valence-corrected chi connectivity index (χ2v) is 10.1. The third-order valence-corrected chi connectivity index (χ3v) is 7.34. The van der Waals surface area contributed by atoms with Crippen molar-refractivity contribution in [1.82, 2.24) is 29.2 Å². The quantitative estimate of drug-likeness (QED) is 0.399. The zero-order valence-corrected chi connectivity index (χ0v) is 22.2. The number of likely N-dealkylation sites (N-methyl/N-ethyl adjacent to an activating group) is 1. The molecule has 40 heavy (non-hydrogen) atoms. The number of aromatic nitrogens is 3. The summed E-state index contributed by atoms with van der Waals surface area (Å²) in [7, 11) is 1.83. The fraction of sp³-hybridized carbons (Fsp3) is 0.310. The standard InChI is InChI=1S/C29H30FN7O3/c1-34-10-11-35(19-26(34)38)18-20-2-4-22(5-3-20)32-29-31-17-21-8-9-37(27(21)33-29)23-6-7-24(25(30)16-23)28(39)36-12-14-40-15-13-36/h2-9,16-17H,10-15,18-19H2,1H3,(H,31,32,33). The average Bonchev–Trinajstić information content (AvgIpc) is 3.39. The maximum absolute atomic E-state index is 15.1. The third-order valence-electron chi connectivity index (χ3n) is 7.34. The average molecular weight is 544 g/mol. The number of carbonyl (C=O) groups is 2. The Morgan fingerprint density at radius 3 is 2.60 bits per heavy atom. The summed E-state index contributed by atoms with van der Waals surface area (Å²) in [4.78, 5) is 39.4. The van der Waals surface area contributed by atoms with Crippen LogP contribution in [0, 0.1) is 5.82 Å². The van der Waals surface area contributed by atoms with Gasteiger partial charge in [-0.3, -0.25) is 14.5 Å². The topological polar surface area (TPSA) is 95.8 Å². The maximum Gasteiger partial charge on any atom is 0.256 e. The molecule has 2 amide bonds. The van der Waals surface area contributed by atoms with E-state index in [2.05, 4.69) is 20.2 Å². The molecule has 6 rings (SSSR count). The lowest BCUT2D eigenvalue weighted by Crippen LogP contribution is -2.47. The van der Waals surface area contributed by atoms with Crippen LogP contribution in [-0.2, 0) is 16.1 Å². The van der Waals surface area contributed by atoms with E-state index >= 15 is 4.39 Å². The number of anilines is 2. The third kappa shape index (κ3) is 5.38. The van der Waals surface area contributed by atoms with Crippen LogP contribution in [0.4, 0.5) is 16.0 Å². The predicted molar refractivity (Wildman–Crippen MR) is 148 cm³/mol. The van der Waals surface area contributed by atoms with Gasteiger partial charge in [-0.15, -0.1) is 0 Å². The molecule has 2 aromatic carbocycles. The lowest BCUT2D eigenvalue weighted by atomic mass is 10.1. The molecular formula is C29H30FN7O3. The van der Waals surface area contributed by atoms with Gasteiger partial charge < -0.3 is 24.4 Å². The van der Waals surface area contributed by atoms with Gasteiger partial charge in [0.05, 0.1) is 25.3 Å². The number of carbonyl (C=O) groups excluding carboxylic acids is 2. The van der Waals surface area contributed by atoms with E-state index in [1.54, 1.807) is 32.8 Å². The normalized spacial score (nSPS) is 16.5. The van der Waals surface area contributed by atoms with Gasteiger partial charge in [-0.1, -0.05) is 12.1 Å². The predicted octanol–water partition coefficient (Wildman–Crippen LogP) is 3.05. The molecule has 2 saturated heterocycles. The number of fused-ring (bicyclic) bond motifs is 1. The first kappa shape index (κ1) is 25.9. The molecule has 2 aliphatic heterocycles. The Bertz CT molecular complexity index is 1550. The molecule has 4 heterocycles. The summed E-state index contributed by atoms with van der Waals surface area (Å²) in [5, 5.41) is 4.04. The van der Waals surface area contributed by atoms with Crippen LogP contribution in [0.3, 0.4) is 0 Å². The summed E-state index contributed by atoms with van der Waals surface area (Å²) in [6, 6.07) is 14.4. The number of hydrogen-bond acceptors (Lipinski definition) is 7. The molecule has 0 atom stereocenters. The molecule has 206 valence electrons. The molecule has 2 aromatic heterocycles. The summed E-state index contributed by atoms with van der Waals surface area (Å²) in [5.41, 5.74) is 3.16. The smallest absolute Gasteiger partial charge is 0.256 e. The van der Waals surface area contributed by atoms with Crippen molar-refractivity contribution in [2.24, 2.45) is 0 Å². The number of amides is 2. The van der Waals surface area contributed by atoms with Crippen molar-refractivity contribution in [2.75, 3.05) is 58.3 Å². The summed E-state index contributed by atoms with van der Waals surface area (Å²) in [6.07, 6.45) is 3.52. The SMILES string of the molecule is CN1CCN(Cc2ccc(Nc3ncc4ccn(-c5ccc(C(=O)N6CCOCC6)c(F)c5)c4n3)cc2)CC1=O. The maximum atomic E-state index is 15.1. The molecule has 0 bridgehead atoms. The van der Waals surface area contributed by atoms with E-state index in [1.807, 2.05) is 37.4 Å². The van der Waals surface area contributed by atoms with Crippen molar-refractivity contribution >= 4 is 34.5 Å². The lowest BCUT2D eigenvalue weighted by molar-refractivity contribution is -0.134. The van der Waals surface area contributed by atoms with Gasteiger partial charge in [0.2, 0.25) is 11.9 Å². The van der Waals surface area contributed by atoms with Crippen LogP contribution in [0.1, 0.15) is 15.9 Å². The highest BCUT2D eigenvalue weighted by Gasteiger charge is 2.22. The van der Waals surface area contributed by atoms with E-state index in [0.29, 0.717) is 56.7 Å². The molecule has 0 aliphatic carbocycles. The molecule has 1 N–H and O–H groups in total. The second kappa shape index (κ2) is 11.0. The van der Waals surface area contributed by atoms with Crippen molar-refractivity contribution in [2.45, 2.75) is 6.54 Å². The van der Waals surface area contributed by atoms with Gasteiger partial charge >= 0.3 is 0 Å². The van der Waals surface area contributed by atoms with Crippen LogP contribution < -0.4 is 5.32 Å². The highest BCUT2D eigenvalue weighted by Crippen LogP contribution is 2.23. The highest BCUT2D eigenvalue weighted by molar-refractivity contribution is 5.95. The number of halogens is 1. The van der Waals surface area contributed by atoms with Gasteiger partial charge in [-0.2, -0.15) is 4.98 Å². The van der Waals surface area contributed by atoms with Gasteiger partial charge in [0, 0.05) is 68.9 Å². The Morgan fingerprint density at radius 2 is 1.85 bits per heavy atom. The zero-order chi connectivity index (χ0) is 27.6. The van der Waals surface area contributed by atoms with Crippen LogP contribution in [0.25, 0.3) is 16.7 Å². The van der Waals surface area contributed by atoms with Crippen molar-refractivity contribution in [3.63, 3.8) is 0 Å². The number of rotatable bonds is 6. The Labute approximate surface area is 231 Å². The van der Waals surface area contributed by atoms with Crippen molar-refractivity contribution in [1.29, 1.82) is 0 Å². The first-order valence-corrected chi connectivity index (χ1v) is 13.3. The lowest BCUT2D eigenvalue weighted by Gasteiger charge is -2.31. The van der Waals surface area contributed by atoms with E-state index in [0.717, 1.165) is 29.7 Å². The molecule has 0 spiro atoms. The molecule has 4 aromatic rings. The number of piperazine rings is 1. The minimum absolute atomic E-state index is 0.0433. The zero-order valence-electron chi connectivity index (χ0n) is 22.2. The number of morpholine rings is 1. The fourth-order valence-corrected chi connectivity index (χ4v) is 4.97. The summed E-state index contributed by atoms with van der Waals surface area (Å²) in [6.45, 7) is 4.56. The number of ether oxygens (including phenoxy) is 1. The highest BCUT2D eigenvalue weighted by atomic mass is 19.1. The summed E-state index contributed by atoms with van der Waals surface area (Å²) >= 11 is 0. The van der Waals surface area contributed by atoms with Gasteiger partial charge in [0.1, 0.15) is 11.5 Å². The van der Waals surface area contributed by atoms with Crippen molar-refractivity contribution in [3.05, 3.63) is 77.9 Å². The van der Waals surface area contributed by atoms with Crippen LogP contribution in [0.2, 0.25) is 0 Å². The molecular weight excluding hydrogens is 513 g/mol. The van der Waals surface area contributed by atoms with Crippen LogP contribution >= 0.6 is 0 Å². The van der Waals surface area contributed by atoms with Gasteiger partial charge in [0.15, 0.2) is 0 Å². The minimum Gasteiger partial charge on any atom is -0.378 e. The monoisotopic (exact) mass is 543 g/mol. The number of nitrogens with zero attached hydrogens (tertiary/aromatic N) is 6. The Hall–Kier alpha value is -4.35. The van der Waals surface area contributed by atoms with Crippen molar-refractivity contribution < 1.29 is 18.7 Å². The minimum atomic E-state index is -0.579. The van der Waals surface area contributed by atoms with Gasteiger partial charge in [-0.05, 0) is 42.0 Å². The van der Waals surface area contributed by atoms with E-state index in [4.69, 9.17) is 4.74 Å². The van der Waals surface area contributed by atoms with Crippen LogP contribution in [-0.4, -0.2) is 94.0 Å². The first-order chi connectivity index (χ1) is 19.4. The fourth-order valence-electron chi connectivity index (χ4n) is 4.97. The molecule has 0 saturated carbocycles. The largest absolute Gasteiger partial charge is 0.378 e. The Kier molecular flexibility index (Phi) is 7.14. The van der Waals surface area contributed by atoms with E-state index in [-0.39, 0.29) is 17.4 Å². The first-order valence-electron chi connectivity index (χ1n) is 13.3. The Balaban J connectivity index is 1.17. The number of hydrogen-bond donors (Lipinski definition) is 1. The van der Waals surface area contributed by atoms with Crippen LogP contribution in [0.15, 0.2) is 60.9 Å².